The van der Waals surface area contributed by atoms with E-state index in [1.807, 2.05) is 30.3 Å². The zero-order chi connectivity index (χ0) is 20.1. The average molecular weight is 393 g/mol. The average Bonchev–Trinajstić information content (AvgIpc) is 3.00. The second-order valence-electron chi connectivity index (χ2n) is 5.95. The number of benzene rings is 2. The number of hydrogen-bond donors (Lipinski definition) is 0. The predicted octanol–water partition coefficient (Wildman–Crippen LogP) is 3.68. The summed E-state index contributed by atoms with van der Waals surface area (Å²) >= 11 is 1.34. The molecule has 0 spiro atoms. The molecule has 0 aliphatic carbocycles. The van der Waals surface area contributed by atoms with E-state index in [0.29, 0.717) is 27.1 Å². The van der Waals surface area contributed by atoms with Gasteiger partial charge in [0.05, 0.1) is 23.6 Å². The highest BCUT2D eigenvalue weighted by Gasteiger charge is 2.29. The zero-order valence-corrected chi connectivity index (χ0v) is 16.6. The first-order chi connectivity index (χ1) is 13.6. The number of amides is 1. The van der Waals surface area contributed by atoms with Gasteiger partial charge in [0.25, 0.3) is 5.91 Å². The van der Waals surface area contributed by atoms with Crippen molar-refractivity contribution in [2.24, 2.45) is 4.99 Å². The number of hydrogen-bond acceptors (Lipinski definition) is 6. The van der Waals surface area contributed by atoms with Crippen molar-refractivity contribution in [3.05, 3.63) is 64.1 Å². The first-order valence-electron chi connectivity index (χ1n) is 8.50. The summed E-state index contributed by atoms with van der Waals surface area (Å²) in [4.78, 5) is 18.5. The molecule has 0 radical (unpaired) electrons. The van der Waals surface area contributed by atoms with Crippen LogP contribution >= 0.6 is 11.8 Å². The van der Waals surface area contributed by atoms with Crippen LogP contribution in [0.25, 0.3) is 6.08 Å². The van der Waals surface area contributed by atoms with Crippen LogP contribution in [0.1, 0.15) is 16.7 Å². The number of aliphatic imine (C=N–C) groups is 1. The molecular formula is C21H19N3O3S. The number of methoxy groups -OCH3 is 1. The highest BCUT2D eigenvalue weighted by Crippen LogP contribution is 2.34. The van der Waals surface area contributed by atoms with Gasteiger partial charge < -0.3 is 9.47 Å². The fourth-order valence-electron chi connectivity index (χ4n) is 2.70. The lowest BCUT2D eigenvalue weighted by Crippen LogP contribution is -2.23. The van der Waals surface area contributed by atoms with Crippen LogP contribution in [0.15, 0.2) is 52.4 Å². The standard InChI is InChI=1S/C21H19N3O3S/c1-23-21-24(2)20(25)19(28-21)11-14-8-9-17(18(10-14)26-3)27-13-16-7-5-4-6-15(16)12-22/h4-11H,13H2,1-3H3/b19-11+,23-21?. The maximum Gasteiger partial charge on any atom is 0.266 e. The fourth-order valence-corrected chi connectivity index (χ4v) is 3.63. The van der Waals surface area contributed by atoms with Gasteiger partial charge in [-0.25, -0.2) is 0 Å². The van der Waals surface area contributed by atoms with Crippen LogP contribution in [0.5, 0.6) is 11.5 Å². The molecular weight excluding hydrogens is 374 g/mol. The topological polar surface area (TPSA) is 74.9 Å². The van der Waals surface area contributed by atoms with E-state index >= 15 is 0 Å². The Hall–Kier alpha value is -3.24. The summed E-state index contributed by atoms with van der Waals surface area (Å²) in [6, 6.07) is 14.9. The zero-order valence-electron chi connectivity index (χ0n) is 15.8. The molecule has 0 aromatic heterocycles. The molecule has 6 nitrogen and oxygen atoms in total. The number of carbonyl (C=O) groups is 1. The molecule has 1 fully saturated rings. The van der Waals surface area contributed by atoms with E-state index in [4.69, 9.17) is 9.47 Å². The lowest BCUT2D eigenvalue weighted by Gasteiger charge is -2.12. The molecule has 0 saturated carbocycles. The predicted molar refractivity (Wildman–Crippen MR) is 110 cm³/mol. The summed E-state index contributed by atoms with van der Waals surface area (Å²) in [6.45, 7) is 0.260. The summed E-state index contributed by atoms with van der Waals surface area (Å²) in [5.74, 6) is 1.03. The van der Waals surface area contributed by atoms with E-state index in [9.17, 15) is 10.1 Å². The first kappa shape index (κ1) is 19.5. The smallest absolute Gasteiger partial charge is 0.266 e. The van der Waals surface area contributed by atoms with E-state index in [1.54, 1.807) is 39.4 Å². The molecule has 0 N–H and O–H groups in total. The Morgan fingerprint density at radius 3 is 2.71 bits per heavy atom. The SMILES string of the molecule is CN=C1S/C(=C/c2ccc(OCc3ccccc3C#N)c(OC)c2)C(=O)N1C. The van der Waals surface area contributed by atoms with E-state index in [-0.39, 0.29) is 12.5 Å². The van der Waals surface area contributed by atoms with Gasteiger partial charge in [0.1, 0.15) is 6.61 Å². The van der Waals surface area contributed by atoms with Crippen molar-refractivity contribution in [1.29, 1.82) is 5.26 Å². The Labute approximate surface area is 168 Å². The Morgan fingerprint density at radius 2 is 2.04 bits per heavy atom. The van der Waals surface area contributed by atoms with Gasteiger partial charge >= 0.3 is 0 Å². The number of likely N-dealkylation sites (N-methyl/N-ethyl adjacent to an activating group) is 1. The van der Waals surface area contributed by atoms with Crippen LogP contribution in [0.2, 0.25) is 0 Å². The Bertz CT molecular complexity index is 1010. The molecule has 2 aromatic rings. The lowest BCUT2D eigenvalue weighted by molar-refractivity contribution is -0.121. The molecule has 28 heavy (non-hydrogen) atoms. The molecule has 142 valence electrons. The van der Waals surface area contributed by atoms with Crippen LogP contribution in [0.3, 0.4) is 0 Å². The third-order valence-corrected chi connectivity index (χ3v) is 5.35. The largest absolute Gasteiger partial charge is 0.493 e. The Morgan fingerprint density at radius 1 is 1.25 bits per heavy atom. The third-order valence-electron chi connectivity index (χ3n) is 4.20. The van der Waals surface area contributed by atoms with Gasteiger partial charge in [0.2, 0.25) is 0 Å². The number of carbonyl (C=O) groups excluding carboxylic acids is 1. The Kier molecular flexibility index (Phi) is 6.02. The van der Waals surface area contributed by atoms with Crippen molar-refractivity contribution in [1.82, 2.24) is 4.90 Å². The van der Waals surface area contributed by atoms with Gasteiger partial charge in [-0.05, 0) is 41.6 Å². The van der Waals surface area contributed by atoms with Crippen LogP contribution in [0.4, 0.5) is 0 Å². The second-order valence-corrected chi connectivity index (χ2v) is 6.96. The second kappa shape index (κ2) is 8.63. The summed E-state index contributed by atoms with van der Waals surface area (Å²) in [5.41, 5.74) is 2.21. The number of nitriles is 1. The van der Waals surface area contributed by atoms with Gasteiger partial charge in [-0.2, -0.15) is 5.26 Å². The van der Waals surface area contributed by atoms with Gasteiger partial charge in [0.15, 0.2) is 16.7 Å². The van der Waals surface area contributed by atoms with Crippen molar-refractivity contribution < 1.29 is 14.3 Å². The van der Waals surface area contributed by atoms with E-state index in [1.165, 1.54) is 16.7 Å². The number of thioether (sulfide) groups is 1. The molecule has 1 heterocycles. The van der Waals surface area contributed by atoms with Crippen molar-refractivity contribution in [3.8, 4) is 17.6 Å². The molecule has 1 aliphatic rings. The number of amidine groups is 1. The molecule has 1 amide bonds. The quantitative estimate of drug-likeness (QED) is 0.725. The third kappa shape index (κ3) is 4.02. The van der Waals surface area contributed by atoms with Gasteiger partial charge in [-0.15, -0.1) is 0 Å². The minimum atomic E-state index is -0.0852. The van der Waals surface area contributed by atoms with E-state index < -0.39 is 0 Å². The minimum absolute atomic E-state index is 0.0852. The molecule has 1 saturated heterocycles. The fraction of sp³-hybridized carbons (Fsp3) is 0.190. The normalized spacial score (nSPS) is 16.5. The van der Waals surface area contributed by atoms with E-state index in [2.05, 4.69) is 11.1 Å². The Balaban J connectivity index is 1.80. The molecule has 2 aromatic carbocycles. The summed E-state index contributed by atoms with van der Waals surface area (Å²) in [6.07, 6.45) is 1.80. The summed E-state index contributed by atoms with van der Waals surface area (Å²) in [7, 11) is 4.93. The van der Waals surface area contributed by atoms with Crippen LogP contribution in [-0.2, 0) is 11.4 Å². The van der Waals surface area contributed by atoms with Crippen molar-refractivity contribution in [2.45, 2.75) is 6.61 Å². The van der Waals surface area contributed by atoms with E-state index in [0.717, 1.165) is 11.1 Å². The molecule has 3 rings (SSSR count). The molecule has 0 unspecified atom stereocenters. The van der Waals surface area contributed by atoms with Crippen LogP contribution in [-0.4, -0.2) is 37.2 Å². The monoisotopic (exact) mass is 393 g/mol. The lowest BCUT2D eigenvalue weighted by atomic mass is 10.1. The highest BCUT2D eigenvalue weighted by atomic mass is 32.2. The van der Waals surface area contributed by atoms with Gasteiger partial charge in [-0.3, -0.25) is 14.7 Å². The minimum Gasteiger partial charge on any atom is -0.493 e. The maximum absolute atomic E-state index is 12.3. The summed E-state index contributed by atoms with van der Waals surface area (Å²) in [5, 5.41) is 9.85. The molecule has 7 heteroatoms. The van der Waals surface area contributed by atoms with Crippen LogP contribution < -0.4 is 9.47 Å². The van der Waals surface area contributed by atoms with Crippen molar-refractivity contribution >= 4 is 28.9 Å². The highest BCUT2D eigenvalue weighted by molar-refractivity contribution is 8.18. The summed E-state index contributed by atoms with van der Waals surface area (Å²) < 4.78 is 11.3. The van der Waals surface area contributed by atoms with Crippen LogP contribution in [0, 0.1) is 11.3 Å². The van der Waals surface area contributed by atoms with Gasteiger partial charge in [0, 0.05) is 19.7 Å². The molecule has 0 atom stereocenters. The number of ether oxygens (including phenoxy) is 2. The molecule has 1 aliphatic heterocycles. The number of nitrogens with zero attached hydrogens (tertiary/aromatic N) is 3. The van der Waals surface area contributed by atoms with Crippen molar-refractivity contribution in [3.63, 3.8) is 0 Å². The van der Waals surface area contributed by atoms with Gasteiger partial charge in [-0.1, -0.05) is 24.3 Å². The maximum atomic E-state index is 12.3. The number of rotatable bonds is 5. The first-order valence-corrected chi connectivity index (χ1v) is 9.32. The molecule has 0 bridgehead atoms. The van der Waals surface area contributed by atoms with Crippen molar-refractivity contribution in [2.75, 3.05) is 21.2 Å².